The normalized spacial score (nSPS) is 11.7. The van der Waals surface area contributed by atoms with Crippen LogP contribution in [0.3, 0.4) is 0 Å². The second-order valence-electron chi connectivity index (χ2n) is 7.54. The Morgan fingerprint density at radius 2 is 2.06 bits per heavy atom. The van der Waals surface area contributed by atoms with Crippen molar-refractivity contribution in [2.75, 3.05) is 13.2 Å². The Balaban J connectivity index is 2.03. The highest BCUT2D eigenvalue weighted by Crippen LogP contribution is 2.35. The van der Waals surface area contributed by atoms with Gasteiger partial charge in [-0.2, -0.15) is 9.99 Å². The topological polar surface area (TPSA) is 124 Å². The first-order chi connectivity index (χ1) is 16.2. The lowest BCUT2D eigenvalue weighted by Crippen LogP contribution is -2.35. The van der Waals surface area contributed by atoms with Crippen molar-refractivity contribution in [1.29, 1.82) is 5.26 Å². The third kappa shape index (κ3) is 5.27. The molecule has 1 aromatic carbocycles. The molecule has 0 aliphatic heterocycles. The molecule has 2 heterocycles. The Kier molecular flexibility index (Phi) is 7.71. The lowest BCUT2D eigenvalue weighted by Gasteiger charge is -2.16. The van der Waals surface area contributed by atoms with Crippen LogP contribution in [0, 0.1) is 30.4 Å². The molecule has 0 aliphatic rings. The van der Waals surface area contributed by atoms with E-state index in [0.717, 1.165) is 10.9 Å². The van der Waals surface area contributed by atoms with Crippen molar-refractivity contribution in [3.8, 4) is 23.3 Å². The van der Waals surface area contributed by atoms with Gasteiger partial charge < -0.3 is 19.8 Å². The van der Waals surface area contributed by atoms with E-state index in [1.807, 2.05) is 6.07 Å². The number of aryl methyl sites for hydroxylation is 2. The molecule has 0 spiro atoms. The number of hydrogen-bond acceptors (Lipinski definition) is 7. The molecule has 11 heteroatoms. The number of aromatic nitrogens is 3. The summed E-state index contributed by atoms with van der Waals surface area (Å²) in [5.41, 5.74) is 0.675. The predicted octanol–water partition coefficient (Wildman–Crippen LogP) is 3.26. The molecular weight excluding hydrogens is 467 g/mol. The van der Waals surface area contributed by atoms with Crippen LogP contribution >= 0.6 is 11.6 Å². The molecule has 0 aliphatic carbocycles. The van der Waals surface area contributed by atoms with Crippen molar-refractivity contribution < 1.29 is 23.7 Å². The maximum atomic E-state index is 14.3. The van der Waals surface area contributed by atoms with Gasteiger partial charge in [0, 0.05) is 11.6 Å². The number of hydrogen-bond donors (Lipinski definition) is 1. The Morgan fingerprint density at radius 3 is 2.68 bits per heavy atom. The van der Waals surface area contributed by atoms with Gasteiger partial charge in [-0.15, -0.1) is 0 Å². The minimum absolute atomic E-state index is 0.0322. The molecular formula is C23H22ClFN4O5. The molecule has 2 aromatic heterocycles. The molecule has 3 aromatic rings. The van der Waals surface area contributed by atoms with E-state index >= 15 is 0 Å². The van der Waals surface area contributed by atoms with Crippen LogP contribution in [0.25, 0.3) is 0 Å². The van der Waals surface area contributed by atoms with Gasteiger partial charge in [0.1, 0.15) is 30.8 Å². The van der Waals surface area contributed by atoms with Gasteiger partial charge in [0.2, 0.25) is 17.6 Å². The van der Waals surface area contributed by atoms with Crippen LogP contribution in [0.1, 0.15) is 41.2 Å². The number of aliphatic hydroxyl groups excluding tert-OH is 1. The fourth-order valence-corrected chi connectivity index (χ4v) is 3.58. The third-order valence-electron chi connectivity index (χ3n) is 4.93. The number of pyridine rings is 1. The minimum atomic E-state index is -1.62. The summed E-state index contributed by atoms with van der Waals surface area (Å²) >= 11 is 6.24. The standard InChI is InChI=1S/C23H22ClFN4O5/c1-13-7-17(29(32)11-19(13)33-5-4-30)10-28-12-27-20(15(3)25)22(23(28)31)34-21-14(2)6-16(9-26)8-18(21)24/h6-8,11-12,15,30H,4-5,10H2,1-3H3. The number of halogens is 2. The predicted molar refractivity (Wildman–Crippen MR) is 121 cm³/mol. The van der Waals surface area contributed by atoms with Crippen molar-refractivity contribution in [1.82, 2.24) is 9.55 Å². The molecule has 1 N–H and O–H groups in total. The van der Waals surface area contributed by atoms with E-state index in [1.165, 1.54) is 25.3 Å². The summed E-state index contributed by atoms with van der Waals surface area (Å²) in [5, 5.41) is 30.6. The number of nitriles is 1. The molecule has 178 valence electrons. The smallest absolute Gasteiger partial charge is 0.297 e. The molecule has 1 atom stereocenters. The molecule has 9 nitrogen and oxygen atoms in total. The summed E-state index contributed by atoms with van der Waals surface area (Å²) < 4.78 is 27.0. The highest BCUT2D eigenvalue weighted by molar-refractivity contribution is 6.32. The molecule has 0 saturated carbocycles. The van der Waals surface area contributed by atoms with E-state index in [4.69, 9.17) is 31.4 Å². The van der Waals surface area contributed by atoms with Gasteiger partial charge in [0.15, 0.2) is 5.75 Å². The molecule has 0 radical (unpaired) electrons. The van der Waals surface area contributed by atoms with Crippen molar-refractivity contribution in [2.45, 2.75) is 33.5 Å². The van der Waals surface area contributed by atoms with Gasteiger partial charge in [-0.05, 0) is 38.5 Å². The van der Waals surface area contributed by atoms with Gasteiger partial charge >= 0.3 is 0 Å². The van der Waals surface area contributed by atoms with Crippen LogP contribution in [-0.4, -0.2) is 27.9 Å². The van der Waals surface area contributed by atoms with Crippen LogP contribution < -0.4 is 19.8 Å². The van der Waals surface area contributed by atoms with Gasteiger partial charge in [-0.1, -0.05) is 11.6 Å². The van der Waals surface area contributed by atoms with Crippen LogP contribution in [0.5, 0.6) is 17.2 Å². The van der Waals surface area contributed by atoms with E-state index in [0.29, 0.717) is 27.2 Å². The number of rotatable bonds is 8. The summed E-state index contributed by atoms with van der Waals surface area (Å²) in [6.07, 6.45) is 0.720. The second kappa shape index (κ2) is 10.5. The number of nitrogens with zero attached hydrogens (tertiary/aromatic N) is 4. The fraction of sp³-hybridized carbons (Fsp3) is 0.304. The Labute approximate surface area is 199 Å². The Morgan fingerprint density at radius 1 is 1.32 bits per heavy atom. The van der Waals surface area contributed by atoms with E-state index in [9.17, 15) is 14.4 Å². The van der Waals surface area contributed by atoms with Crippen LogP contribution in [0.2, 0.25) is 5.02 Å². The van der Waals surface area contributed by atoms with E-state index in [2.05, 4.69) is 4.98 Å². The zero-order valence-corrected chi connectivity index (χ0v) is 19.5. The van der Waals surface area contributed by atoms with E-state index in [1.54, 1.807) is 19.9 Å². The van der Waals surface area contributed by atoms with Gasteiger partial charge in [0.25, 0.3) is 5.56 Å². The van der Waals surface area contributed by atoms with Crippen molar-refractivity contribution in [3.05, 3.63) is 79.4 Å². The monoisotopic (exact) mass is 488 g/mol. The molecule has 3 rings (SSSR count). The van der Waals surface area contributed by atoms with Gasteiger partial charge in [-0.25, -0.2) is 9.37 Å². The molecule has 34 heavy (non-hydrogen) atoms. The SMILES string of the molecule is Cc1cc(Cn2cnc(C(C)F)c(Oc3c(C)cc(C#N)cc3Cl)c2=O)[n+]([O-])cc1OCCO. The summed E-state index contributed by atoms with van der Waals surface area (Å²) in [6, 6.07) is 6.41. The fourth-order valence-electron chi connectivity index (χ4n) is 3.27. The van der Waals surface area contributed by atoms with Crippen LogP contribution in [0.15, 0.2) is 35.5 Å². The van der Waals surface area contributed by atoms with Crippen LogP contribution in [-0.2, 0) is 6.54 Å². The van der Waals surface area contributed by atoms with E-state index in [-0.39, 0.29) is 47.7 Å². The van der Waals surface area contributed by atoms with Gasteiger partial charge in [0.05, 0.1) is 29.6 Å². The molecule has 0 bridgehead atoms. The first-order valence-corrected chi connectivity index (χ1v) is 10.6. The molecule has 0 fully saturated rings. The maximum Gasteiger partial charge on any atom is 0.297 e. The first kappa shape index (κ1) is 25.0. The van der Waals surface area contributed by atoms with Crippen LogP contribution in [0.4, 0.5) is 4.39 Å². The zero-order valence-electron chi connectivity index (χ0n) is 18.7. The molecule has 0 amide bonds. The Hall–Kier alpha value is -3.68. The number of benzene rings is 1. The number of aliphatic hydroxyl groups is 1. The second-order valence-corrected chi connectivity index (χ2v) is 7.94. The molecule has 1 unspecified atom stereocenters. The average Bonchev–Trinajstić information content (AvgIpc) is 2.79. The number of alkyl halides is 1. The largest absolute Gasteiger partial charge is 0.618 e. The zero-order chi connectivity index (χ0) is 25.0. The number of ether oxygens (including phenoxy) is 2. The average molecular weight is 489 g/mol. The summed E-state index contributed by atoms with van der Waals surface area (Å²) in [5.74, 6) is 0.0263. The maximum absolute atomic E-state index is 14.3. The third-order valence-corrected chi connectivity index (χ3v) is 5.21. The Bertz CT molecular complexity index is 1300. The van der Waals surface area contributed by atoms with Crippen molar-refractivity contribution in [2.24, 2.45) is 0 Å². The highest BCUT2D eigenvalue weighted by atomic mass is 35.5. The first-order valence-electron chi connectivity index (χ1n) is 10.2. The van der Waals surface area contributed by atoms with Crippen molar-refractivity contribution >= 4 is 11.6 Å². The summed E-state index contributed by atoms with van der Waals surface area (Å²) in [7, 11) is 0. The minimum Gasteiger partial charge on any atom is -0.618 e. The lowest BCUT2D eigenvalue weighted by molar-refractivity contribution is -0.614. The highest BCUT2D eigenvalue weighted by Gasteiger charge is 2.23. The lowest BCUT2D eigenvalue weighted by atomic mass is 10.1. The molecule has 0 saturated heterocycles. The summed E-state index contributed by atoms with van der Waals surface area (Å²) in [6.45, 7) is 4.23. The van der Waals surface area contributed by atoms with Gasteiger partial charge in [-0.3, -0.25) is 9.36 Å². The summed E-state index contributed by atoms with van der Waals surface area (Å²) in [4.78, 5) is 17.3. The van der Waals surface area contributed by atoms with E-state index < -0.39 is 11.7 Å². The quantitative estimate of drug-likeness (QED) is 0.381. The van der Waals surface area contributed by atoms with Crippen molar-refractivity contribution in [3.63, 3.8) is 0 Å².